The Morgan fingerprint density at radius 1 is 0.629 bits per heavy atom. The smallest absolute Gasteiger partial charge is 0.0149 e. The summed E-state index contributed by atoms with van der Waals surface area (Å²) in [6.07, 6.45) is 0. The molecule has 0 aromatic heterocycles. The molecule has 1 aliphatic carbocycles. The first-order valence-corrected chi connectivity index (χ1v) is 16.3. The van der Waals surface area contributed by atoms with Crippen molar-refractivity contribution in [2.75, 3.05) is 0 Å². The van der Waals surface area contributed by atoms with E-state index in [2.05, 4.69) is 133 Å². The molecule has 3 aromatic rings. The van der Waals surface area contributed by atoms with Crippen LogP contribution in [0.4, 0.5) is 0 Å². The summed E-state index contributed by atoms with van der Waals surface area (Å²) in [4.78, 5) is 0. The Morgan fingerprint density at radius 2 is 1.00 bits per heavy atom. The normalized spacial score (nSPS) is 15.3. The average molecular weight is 561 g/mol. The molecule has 35 heavy (non-hydrogen) atoms. The second-order valence-corrected chi connectivity index (χ2v) is 16.7. The van der Waals surface area contributed by atoms with Crippen molar-refractivity contribution in [3.05, 3.63) is 112 Å². The van der Waals surface area contributed by atoms with Crippen LogP contribution in [0.2, 0.25) is 10.5 Å². The predicted octanol–water partition coefficient (Wildman–Crippen LogP) is 0.768. The molecule has 0 amide bonds. The summed E-state index contributed by atoms with van der Waals surface area (Å²) < 4.78 is 5.76. The average Bonchev–Trinajstić information content (AvgIpc) is 3.08. The Morgan fingerprint density at radius 3 is 1.40 bits per heavy atom. The molecular weight excluding hydrogens is 521 g/mol. The molecule has 5 heteroatoms. The summed E-state index contributed by atoms with van der Waals surface area (Å²) in [6.45, 7) is 9.32. The molecule has 1 nitrogen and oxygen atoms in total. The van der Waals surface area contributed by atoms with Crippen molar-refractivity contribution in [3.63, 3.8) is 0 Å². The molecule has 0 fully saturated rings. The number of halogens is 2. The fourth-order valence-corrected chi connectivity index (χ4v) is 12.0. The zero-order valence-electron chi connectivity index (χ0n) is 21.0. The van der Waals surface area contributed by atoms with E-state index in [1.54, 1.807) is 3.88 Å². The van der Waals surface area contributed by atoms with Crippen LogP contribution < -0.4 is 28.6 Å². The Labute approximate surface area is 233 Å². The number of hydrogen-bond acceptors (Lipinski definition) is 1. The minimum absolute atomic E-state index is 0. The number of allylic oxidation sites excluding steroid dienone is 4. The number of hydrogen-bond donors (Lipinski definition) is 1. The summed E-state index contributed by atoms with van der Waals surface area (Å²) in [5, 5.41) is 5.05. The SMILES string of the molecule is CC1C(c2ccccc2)=C(c2ccccc2)C(c2ccccc2)=[C]1[Ti+2]([CH3])([CH3])[NH]C(C)(C)C.[Cl-].[Cl-].[SiH4]. The van der Waals surface area contributed by atoms with E-state index in [9.17, 15) is 0 Å². The van der Waals surface area contributed by atoms with Crippen LogP contribution in [0.25, 0.3) is 16.7 Å². The van der Waals surface area contributed by atoms with Crippen molar-refractivity contribution in [3.8, 4) is 0 Å². The molecule has 0 saturated carbocycles. The van der Waals surface area contributed by atoms with Gasteiger partial charge in [-0.05, 0) is 11.0 Å². The maximum atomic E-state index is 4.11. The summed E-state index contributed by atoms with van der Waals surface area (Å²) in [5.41, 5.74) is 8.36. The van der Waals surface area contributed by atoms with Crippen molar-refractivity contribution < 1.29 is 41.7 Å². The summed E-state index contributed by atoms with van der Waals surface area (Å²) in [6, 6.07) is 33.0. The van der Waals surface area contributed by atoms with Crippen LogP contribution in [0, 0.1) is 5.92 Å². The third kappa shape index (κ3) is 6.89. The third-order valence-corrected chi connectivity index (χ3v) is 11.5. The molecule has 1 N–H and O–H groups in total. The second kappa shape index (κ2) is 12.7. The maximum absolute atomic E-state index is 4.11. The van der Waals surface area contributed by atoms with E-state index in [0.717, 1.165) is 0 Å². The zero-order valence-corrected chi connectivity index (χ0v) is 24.1. The minimum atomic E-state index is -2.60. The maximum Gasteiger partial charge on any atom is -0.0149 e. The van der Waals surface area contributed by atoms with Gasteiger partial charge in [-0.1, -0.05) is 0 Å². The van der Waals surface area contributed by atoms with E-state index in [-0.39, 0.29) is 41.3 Å². The Hall–Kier alpha value is -1.39. The van der Waals surface area contributed by atoms with Crippen molar-refractivity contribution in [1.29, 1.82) is 0 Å². The van der Waals surface area contributed by atoms with Crippen LogP contribution in [0.3, 0.4) is 0 Å². The molecule has 4 rings (SSSR count). The summed E-state index contributed by atoms with van der Waals surface area (Å²) in [5.74, 6) is 0.368. The number of rotatable bonds is 5. The Bertz CT molecular complexity index is 1150. The number of benzene rings is 3. The Balaban J connectivity index is 0.00000204. The topological polar surface area (TPSA) is 12.0 Å². The standard InChI is InChI=1S/C24H19.C4H10N.2CH3.2ClH.H4Si.Ti/c1-18-17-22(19-11-5-2-6-12-19)24(21-15-9-4-10-16-21)23(18)20-13-7-3-8-14-20;1-4(2,3)5;;;;;;/h2-16,18H,1H3;5H,1-3H3;2*1H3;2*1H;1H4;/q;-1;;;;;;+3/p-2. The van der Waals surface area contributed by atoms with Gasteiger partial charge in [0.1, 0.15) is 0 Å². The fraction of sp³-hybridized carbons (Fsp3) is 0.267. The summed E-state index contributed by atoms with van der Waals surface area (Å²) in [7, 11) is 0. The van der Waals surface area contributed by atoms with Crippen molar-refractivity contribution >= 4 is 27.7 Å². The minimum Gasteiger partial charge on any atom is -1.00 e. The molecule has 0 radical (unpaired) electrons. The van der Waals surface area contributed by atoms with E-state index in [4.69, 9.17) is 0 Å². The van der Waals surface area contributed by atoms with Crippen LogP contribution in [-0.4, -0.2) is 16.5 Å². The van der Waals surface area contributed by atoms with Crippen LogP contribution >= 0.6 is 0 Å². The molecular formula is C30H39Cl2NSiTi. The van der Waals surface area contributed by atoms with Crippen molar-refractivity contribution in [2.45, 2.75) is 43.7 Å². The molecule has 0 aliphatic heterocycles. The summed E-state index contributed by atoms with van der Waals surface area (Å²) >= 11 is -2.60. The molecule has 0 bridgehead atoms. The van der Waals surface area contributed by atoms with Gasteiger partial charge in [-0.2, -0.15) is 0 Å². The van der Waals surface area contributed by atoms with E-state index in [1.165, 1.54) is 33.4 Å². The van der Waals surface area contributed by atoms with Gasteiger partial charge in [0, 0.05) is 0 Å². The fourth-order valence-electron chi connectivity index (χ4n) is 5.53. The molecule has 3 aromatic carbocycles. The van der Waals surface area contributed by atoms with Gasteiger partial charge in [0.25, 0.3) is 0 Å². The molecule has 1 atom stereocenters. The van der Waals surface area contributed by atoms with Gasteiger partial charge >= 0.3 is 199 Å². The quantitative estimate of drug-likeness (QED) is 0.455. The Kier molecular flexibility index (Phi) is 11.5. The van der Waals surface area contributed by atoms with Gasteiger partial charge in [0.05, 0.1) is 0 Å². The van der Waals surface area contributed by atoms with E-state index < -0.39 is 16.8 Å². The van der Waals surface area contributed by atoms with Crippen LogP contribution in [0.15, 0.2) is 94.9 Å². The van der Waals surface area contributed by atoms with Crippen LogP contribution in [0.1, 0.15) is 44.4 Å². The van der Waals surface area contributed by atoms with Gasteiger partial charge in [-0.25, -0.2) is 0 Å². The van der Waals surface area contributed by atoms with Gasteiger partial charge in [0.15, 0.2) is 0 Å². The van der Waals surface area contributed by atoms with Gasteiger partial charge in [-0.3, -0.25) is 0 Å². The van der Waals surface area contributed by atoms with Gasteiger partial charge < -0.3 is 24.8 Å². The molecule has 0 spiro atoms. The zero-order chi connectivity index (χ0) is 22.9. The van der Waals surface area contributed by atoms with Crippen molar-refractivity contribution in [1.82, 2.24) is 3.80 Å². The molecule has 1 aliphatic rings. The second-order valence-electron chi connectivity index (χ2n) is 10.4. The van der Waals surface area contributed by atoms with E-state index in [1.807, 2.05) is 0 Å². The van der Waals surface area contributed by atoms with Gasteiger partial charge in [0.2, 0.25) is 0 Å². The molecule has 186 valence electrons. The predicted molar refractivity (Wildman–Crippen MR) is 148 cm³/mol. The molecule has 0 saturated heterocycles. The monoisotopic (exact) mass is 559 g/mol. The molecule has 0 heterocycles. The van der Waals surface area contributed by atoms with E-state index in [0.29, 0.717) is 5.92 Å². The first kappa shape index (κ1) is 31.6. The first-order chi connectivity index (χ1) is 15.2. The largest absolute Gasteiger partial charge is 1.00 e. The first-order valence-electron chi connectivity index (χ1n) is 11.6. The number of nitrogens with one attached hydrogen (secondary N) is 1. The van der Waals surface area contributed by atoms with Crippen molar-refractivity contribution in [2.24, 2.45) is 5.92 Å². The van der Waals surface area contributed by atoms with Crippen LogP contribution in [-0.2, 0) is 16.8 Å². The van der Waals surface area contributed by atoms with Gasteiger partial charge in [-0.15, -0.1) is 0 Å². The van der Waals surface area contributed by atoms with Crippen LogP contribution in [0.5, 0.6) is 0 Å². The molecule has 1 unspecified atom stereocenters. The van der Waals surface area contributed by atoms with E-state index >= 15 is 0 Å². The third-order valence-electron chi connectivity index (χ3n) is 6.23.